The topological polar surface area (TPSA) is 103 Å². The Bertz CT molecular complexity index is 477. The van der Waals surface area contributed by atoms with E-state index in [1.807, 2.05) is 0 Å². The van der Waals surface area contributed by atoms with Gasteiger partial charge in [0.05, 0.1) is 6.20 Å². The van der Waals surface area contributed by atoms with Gasteiger partial charge in [0.25, 0.3) is 0 Å². The van der Waals surface area contributed by atoms with Gasteiger partial charge < -0.3 is 5.11 Å². The summed E-state index contributed by atoms with van der Waals surface area (Å²) in [7, 11) is -2.62. The molecule has 0 aliphatic rings. The molecule has 0 aliphatic heterocycles. The Labute approximate surface area is 93.1 Å². The molecule has 0 aliphatic carbocycles. The van der Waals surface area contributed by atoms with Crippen LogP contribution in [0.25, 0.3) is 0 Å². The predicted octanol–water partition coefficient (Wildman–Crippen LogP) is -0.107. The predicted molar refractivity (Wildman–Crippen MR) is 55.3 cm³/mol. The summed E-state index contributed by atoms with van der Waals surface area (Å²) in [5, 5.41) is 14.8. The third-order valence-corrected chi connectivity index (χ3v) is 4.44. The highest BCUT2D eigenvalue weighted by Crippen LogP contribution is 2.21. The van der Waals surface area contributed by atoms with Gasteiger partial charge in [0.1, 0.15) is 10.4 Å². The lowest BCUT2D eigenvalue weighted by Gasteiger charge is -2.29. The molecule has 1 aromatic rings. The Morgan fingerprint density at radius 1 is 1.56 bits per heavy atom. The molecule has 0 radical (unpaired) electrons. The molecule has 0 aromatic carbocycles. The van der Waals surface area contributed by atoms with E-state index in [1.165, 1.54) is 27.1 Å². The van der Waals surface area contributed by atoms with Crippen LogP contribution in [0.1, 0.15) is 13.8 Å². The molecule has 1 aromatic heterocycles. The van der Waals surface area contributed by atoms with Crippen LogP contribution in [0, 0.1) is 0 Å². The quantitative estimate of drug-likeness (QED) is 0.772. The van der Waals surface area contributed by atoms with Gasteiger partial charge in [-0.2, -0.15) is 9.40 Å². The van der Waals surface area contributed by atoms with Gasteiger partial charge in [0.15, 0.2) is 0 Å². The van der Waals surface area contributed by atoms with Crippen molar-refractivity contribution in [3.05, 3.63) is 12.4 Å². The van der Waals surface area contributed by atoms with Gasteiger partial charge in [-0.05, 0) is 13.8 Å². The van der Waals surface area contributed by atoms with Crippen LogP contribution in [0.15, 0.2) is 17.3 Å². The van der Waals surface area contributed by atoms with Gasteiger partial charge in [-0.15, -0.1) is 0 Å². The number of aromatic nitrogens is 2. The van der Waals surface area contributed by atoms with Crippen molar-refractivity contribution in [3.8, 4) is 0 Å². The van der Waals surface area contributed by atoms with Crippen LogP contribution < -0.4 is 0 Å². The molecule has 0 atom stereocenters. The standard InChI is InChI=1S/C8H13N3O4S/c1-8(2,7(12)13)11(3)16(14,15)6-4-9-10-5-6/h4-5H,1-3H3,(H,9,10)(H,12,13). The summed E-state index contributed by atoms with van der Waals surface area (Å²) in [6.07, 6.45) is 2.33. The van der Waals surface area contributed by atoms with Crippen molar-refractivity contribution in [1.29, 1.82) is 0 Å². The maximum absolute atomic E-state index is 11.9. The van der Waals surface area contributed by atoms with Crippen molar-refractivity contribution in [2.45, 2.75) is 24.3 Å². The number of likely N-dealkylation sites (N-methyl/N-ethyl adjacent to an activating group) is 1. The zero-order valence-electron chi connectivity index (χ0n) is 9.13. The fraction of sp³-hybridized carbons (Fsp3) is 0.500. The average Bonchev–Trinajstić information content (AvgIpc) is 2.69. The number of sulfonamides is 1. The van der Waals surface area contributed by atoms with E-state index >= 15 is 0 Å². The third kappa shape index (κ3) is 1.93. The largest absolute Gasteiger partial charge is 0.480 e. The molecule has 0 spiro atoms. The molecule has 90 valence electrons. The van der Waals surface area contributed by atoms with E-state index in [4.69, 9.17) is 5.11 Å². The lowest BCUT2D eigenvalue weighted by molar-refractivity contribution is -0.145. The van der Waals surface area contributed by atoms with Gasteiger partial charge in [-0.25, -0.2) is 8.42 Å². The van der Waals surface area contributed by atoms with E-state index in [0.29, 0.717) is 0 Å². The number of nitrogens with zero attached hydrogens (tertiary/aromatic N) is 2. The lowest BCUT2D eigenvalue weighted by atomic mass is 10.1. The summed E-state index contributed by atoms with van der Waals surface area (Å²) in [6.45, 7) is 2.62. The minimum absolute atomic E-state index is 0.0654. The highest BCUT2D eigenvalue weighted by atomic mass is 32.2. The van der Waals surface area contributed by atoms with Crippen molar-refractivity contribution in [3.63, 3.8) is 0 Å². The van der Waals surface area contributed by atoms with E-state index in [1.54, 1.807) is 0 Å². The number of rotatable bonds is 4. The second-order valence-corrected chi connectivity index (χ2v) is 5.74. The molecule has 0 unspecified atom stereocenters. The summed E-state index contributed by atoms with van der Waals surface area (Å²) in [4.78, 5) is 10.9. The van der Waals surface area contributed by atoms with E-state index in [-0.39, 0.29) is 4.90 Å². The number of aromatic amines is 1. The van der Waals surface area contributed by atoms with Crippen LogP contribution in [0.5, 0.6) is 0 Å². The molecule has 0 amide bonds. The number of carbonyl (C=O) groups is 1. The molecule has 0 bridgehead atoms. The molecule has 2 N–H and O–H groups in total. The Kier molecular flexibility index (Phi) is 3.06. The second-order valence-electron chi connectivity index (χ2n) is 3.77. The number of H-pyrrole nitrogens is 1. The zero-order chi connectivity index (χ0) is 12.6. The molecule has 1 rings (SSSR count). The smallest absolute Gasteiger partial charge is 0.324 e. The molecule has 0 fully saturated rings. The number of nitrogens with one attached hydrogen (secondary N) is 1. The molecule has 7 nitrogen and oxygen atoms in total. The van der Waals surface area contributed by atoms with Crippen molar-refractivity contribution >= 4 is 16.0 Å². The zero-order valence-corrected chi connectivity index (χ0v) is 9.95. The van der Waals surface area contributed by atoms with Crippen LogP contribution in [-0.4, -0.2) is 46.6 Å². The summed E-state index contributed by atoms with van der Waals surface area (Å²) in [5.41, 5.74) is -1.52. The first-order valence-electron chi connectivity index (χ1n) is 4.42. The van der Waals surface area contributed by atoms with Crippen LogP contribution in [-0.2, 0) is 14.8 Å². The maximum atomic E-state index is 11.9. The first-order valence-corrected chi connectivity index (χ1v) is 5.86. The van der Waals surface area contributed by atoms with Gasteiger partial charge in [0, 0.05) is 13.2 Å². The fourth-order valence-electron chi connectivity index (χ4n) is 0.973. The highest BCUT2D eigenvalue weighted by Gasteiger charge is 2.40. The Morgan fingerprint density at radius 3 is 2.50 bits per heavy atom. The minimum atomic E-state index is -3.84. The molecule has 16 heavy (non-hydrogen) atoms. The number of hydrogen-bond donors (Lipinski definition) is 2. The molecule has 0 saturated carbocycles. The normalized spacial score (nSPS) is 13.0. The van der Waals surface area contributed by atoms with E-state index in [2.05, 4.69) is 10.2 Å². The van der Waals surface area contributed by atoms with Crippen molar-refractivity contribution in [2.24, 2.45) is 0 Å². The highest BCUT2D eigenvalue weighted by molar-refractivity contribution is 7.89. The summed E-state index contributed by atoms with van der Waals surface area (Å²) in [5.74, 6) is -1.22. The van der Waals surface area contributed by atoms with E-state index in [9.17, 15) is 13.2 Å². The summed E-state index contributed by atoms with van der Waals surface area (Å²) >= 11 is 0. The van der Waals surface area contributed by atoms with Gasteiger partial charge >= 0.3 is 5.97 Å². The second kappa shape index (κ2) is 3.87. The maximum Gasteiger partial charge on any atom is 0.324 e. The molecule has 1 heterocycles. The first kappa shape index (κ1) is 12.7. The molecule has 0 saturated heterocycles. The van der Waals surface area contributed by atoms with Crippen molar-refractivity contribution in [2.75, 3.05) is 7.05 Å². The number of hydrogen-bond acceptors (Lipinski definition) is 4. The van der Waals surface area contributed by atoms with E-state index in [0.717, 1.165) is 10.5 Å². The first-order chi connectivity index (χ1) is 7.20. The Hall–Kier alpha value is -1.41. The van der Waals surface area contributed by atoms with Gasteiger partial charge in [-0.1, -0.05) is 0 Å². The Morgan fingerprint density at radius 2 is 2.12 bits per heavy atom. The fourth-order valence-corrected chi connectivity index (χ4v) is 2.36. The van der Waals surface area contributed by atoms with Gasteiger partial charge in [-0.3, -0.25) is 9.89 Å². The average molecular weight is 247 g/mol. The SMILES string of the molecule is CN(C(C)(C)C(=O)O)S(=O)(=O)c1cn[nH]c1. The van der Waals surface area contributed by atoms with Crippen molar-refractivity contribution in [1.82, 2.24) is 14.5 Å². The van der Waals surface area contributed by atoms with Crippen LogP contribution in [0.3, 0.4) is 0 Å². The summed E-state index contributed by atoms with van der Waals surface area (Å²) < 4.78 is 24.7. The van der Waals surface area contributed by atoms with Crippen molar-refractivity contribution < 1.29 is 18.3 Å². The number of carboxylic acid groups (broad SMARTS) is 1. The van der Waals surface area contributed by atoms with Crippen LogP contribution in [0.2, 0.25) is 0 Å². The Balaban J connectivity index is 3.17. The number of carboxylic acids is 1. The third-order valence-electron chi connectivity index (χ3n) is 2.44. The van der Waals surface area contributed by atoms with Gasteiger partial charge in [0.2, 0.25) is 10.0 Å². The minimum Gasteiger partial charge on any atom is -0.480 e. The van der Waals surface area contributed by atoms with E-state index < -0.39 is 21.5 Å². The summed E-state index contributed by atoms with van der Waals surface area (Å²) in [6, 6.07) is 0. The number of aliphatic carboxylic acids is 1. The van der Waals surface area contributed by atoms with Crippen LogP contribution in [0.4, 0.5) is 0 Å². The molecule has 8 heteroatoms. The molecular weight excluding hydrogens is 234 g/mol. The van der Waals surface area contributed by atoms with Crippen LogP contribution >= 0.6 is 0 Å². The monoisotopic (exact) mass is 247 g/mol. The lowest BCUT2D eigenvalue weighted by Crippen LogP contribution is -2.50. The molecular formula is C8H13N3O4S.